The molecule has 8 nitrogen and oxygen atoms in total. The molecule has 2 heterocycles. The summed E-state index contributed by atoms with van der Waals surface area (Å²) < 4.78 is 35.9. The average molecular weight is 506 g/mol. The van der Waals surface area contributed by atoms with E-state index in [2.05, 4.69) is 6.92 Å². The Labute approximate surface area is 206 Å². The molecule has 0 saturated carbocycles. The number of aromatic nitrogens is 1. The summed E-state index contributed by atoms with van der Waals surface area (Å²) in [6, 6.07) is 5.34. The minimum Gasteiger partial charge on any atom is -0.493 e. The van der Waals surface area contributed by atoms with Crippen LogP contribution in [0.4, 0.5) is 0 Å². The molecule has 0 fully saturated rings. The molecular weight excluding hydrogens is 470 g/mol. The molecule has 1 unspecified atom stereocenters. The van der Waals surface area contributed by atoms with Crippen LogP contribution in [0.15, 0.2) is 29.2 Å². The second kappa shape index (κ2) is 11.7. The lowest BCUT2D eigenvalue weighted by Gasteiger charge is -2.21. The Bertz CT molecular complexity index is 1220. The van der Waals surface area contributed by atoms with E-state index >= 15 is 0 Å². The van der Waals surface area contributed by atoms with Crippen molar-refractivity contribution in [2.24, 2.45) is 0 Å². The molecule has 1 aliphatic heterocycles. The fourth-order valence-electron chi connectivity index (χ4n) is 4.59. The van der Waals surface area contributed by atoms with Crippen LogP contribution in [-0.2, 0) is 16.3 Å². The van der Waals surface area contributed by atoms with Gasteiger partial charge in [-0.05, 0) is 49.8 Å². The molecule has 9 heteroatoms. The summed E-state index contributed by atoms with van der Waals surface area (Å²) in [4.78, 5) is 24.1. The normalized spacial score (nSPS) is 15.1. The van der Waals surface area contributed by atoms with E-state index in [4.69, 9.17) is 9.47 Å². The molecule has 192 valence electrons. The third kappa shape index (κ3) is 6.87. The Morgan fingerprint density at radius 3 is 2.49 bits per heavy atom. The van der Waals surface area contributed by atoms with Crippen LogP contribution in [0, 0.1) is 0 Å². The molecule has 0 radical (unpaired) electrons. The number of ether oxygens (including phenoxy) is 2. The SMILES string of the molecule is CCC1CCc2cc(OCCCCCCCS(C)(=O)=O)c(OC)cc2-c2cc(=O)c(C(=O)O)cn21. The van der Waals surface area contributed by atoms with Gasteiger partial charge in [0.1, 0.15) is 15.4 Å². The molecule has 0 saturated heterocycles. The van der Waals surface area contributed by atoms with E-state index in [9.17, 15) is 23.1 Å². The monoisotopic (exact) mass is 505 g/mol. The number of carboxylic acids is 1. The third-order valence-electron chi connectivity index (χ3n) is 6.50. The highest BCUT2D eigenvalue weighted by Gasteiger charge is 2.25. The molecule has 2 aromatic rings. The first-order valence-electron chi connectivity index (χ1n) is 12.2. The fraction of sp³-hybridized carbons (Fsp3) is 0.538. The lowest BCUT2D eigenvalue weighted by Crippen LogP contribution is -2.20. The van der Waals surface area contributed by atoms with Gasteiger partial charge in [-0.25, -0.2) is 13.2 Å². The number of carboxylic acid groups (broad SMARTS) is 1. The molecule has 1 aliphatic rings. The Balaban J connectivity index is 1.76. The first kappa shape index (κ1) is 26.8. The molecule has 1 aromatic heterocycles. The van der Waals surface area contributed by atoms with Crippen LogP contribution >= 0.6 is 0 Å². The van der Waals surface area contributed by atoms with Crippen molar-refractivity contribution in [3.8, 4) is 22.8 Å². The predicted molar refractivity (Wildman–Crippen MR) is 136 cm³/mol. The van der Waals surface area contributed by atoms with Crippen LogP contribution in [0.5, 0.6) is 11.5 Å². The summed E-state index contributed by atoms with van der Waals surface area (Å²) in [5.41, 5.74) is 1.85. The van der Waals surface area contributed by atoms with Crippen molar-refractivity contribution < 1.29 is 27.8 Å². The summed E-state index contributed by atoms with van der Waals surface area (Å²) in [5, 5.41) is 9.43. The van der Waals surface area contributed by atoms with Crippen molar-refractivity contribution >= 4 is 15.8 Å². The van der Waals surface area contributed by atoms with Crippen LogP contribution < -0.4 is 14.9 Å². The van der Waals surface area contributed by atoms with Gasteiger partial charge >= 0.3 is 5.97 Å². The highest BCUT2D eigenvalue weighted by Crippen LogP contribution is 2.40. The van der Waals surface area contributed by atoms with Crippen molar-refractivity contribution in [2.45, 2.75) is 64.3 Å². The molecular formula is C26H35NO7S. The number of sulfone groups is 1. The average Bonchev–Trinajstić information content (AvgIpc) is 2.94. The van der Waals surface area contributed by atoms with Crippen molar-refractivity contribution in [2.75, 3.05) is 25.7 Å². The predicted octanol–water partition coefficient (Wildman–Crippen LogP) is 4.49. The summed E-state index contributed by atoms with van der Waals surface area (Å²) in [7, 11) is -1.32. The highest BCUT2D eigenvalue weighted by molar-refractivity contribution is 7.90. The molecule has 35 heavy (non-hydrogen) atoms. The second-order valence-electron chi connectivity index (χ2n) is 9.16. The van der Waals surface area contributed by atoms with Gasteiger partial charge in [0.15, 0.2) is 16.9 Å². The number of nitrogens with zero attached hydrogens (tertiary/aromatic N) is 1. The number of pyridine rings is 1. The Hall–Kier alpha value is -2.81. The van der Waals surface area contributed by atoms with E-state index in [1.54, 1.807) is 7.11 Å². The zero-order valence-corrected chi connectivity index (χ0v) is 21.5. The van der Waals surface area contributed by atoms with Crippen molar-refractivity contribution in [3.63, 3.8) is 0 Å². The smallest absolute Gasteiger partial charge is 0.341 e. The fourth-order valence-corrected chi connectivity index (χ4v) is 5.32. The Kier molecular flexibility index (Phi) is 8.99. The van der Waals surface area contributed by atoms with Gasteiger partial charge in [-0.2, -0.15) is 0 Å². The Morgan fingerprint density at radius 2 is 1.83 bits per heavy atom. The molecule has 1 N–H and O–H groups in total. The van der Waals surface area contributed by atoms with Gasteiger partial charge in [0, 0.05) is 35.9 Å². The van der Waals surface area contributed by atoms with Crippen LogP contribution in [0.1, 0.15) is 73.8 Å². The van der Waals surface area contributed by atoms with Gasteiger partial charge in [-0.1, -0.05) is 26.2 Å². The number of rotatable bonds is 12. The standard InChI is InChI=1S/C26H35NO7S/c1-4-19-11-10-18-14-25(34-12-8-6-5-7-9-13-35(3,31)32)24(33-2)15-20(18)22-16-23(28)21(26(29)30)17-27(19)22/h14-17,19H,4-13H2,1-3H3,(H,29,30). The number of aromatic carboxylic acids is 1. The van der Waals surface area contributed by atoms with Gasteiger partial charge in [0.25, 0.3) is 0 Å². The lowest BCUT2D eigenvalue weighted by atomic mass is 9.99. The zero-order valence-electron chi connectivity index (χ0n) is 20.7. The summed E-state index contributed by atoms with van der Waals surface area (Å²) >= 11 is 0. The largest absolute Gasteiger partial charge is 0.493 e. The van der Waals surface area contributed by atoms with E-state index in [0.29, 0.717) is 30.2 Å². The van der Waals surface area contributed by atoms with E-state index in [0.717, 1.165) is 56.1 Å². The first-order chi connectivity index (χ1) is 16.6. The molecule has 1 atom stereocenters. The van der Waals surface area contributed by atoms with Gasteiger partial charge < -0.3 is 19.1 Å². The summed E-state index contributed by atoms with van der Waals surface area (Å²) in [6.45, 7) is 2.58. The molecule has 0 amide bonds. The van der Waals surface area contributed by atoms with Gasteiger partial charge in [0.05, 0.1) is 19.4 Å². The van der Waals surface area contributed by atoms with Crippen LogP contribution in [-0.4, -0.2) is 49.8 Å². The number of hydrogen-bond acceptors (Lipinski definition) is 6. The molecule has 3 rings (SSSR count). The minimum atomic E-state index is -2.89. The van der Waals surface area contributed by atoms with E-state index in [1.165, 1.54) is 18.5 Å². The number of methoxy groups -OCH3 is 1. The van der Waals surface area contributed by atoms with E-state index < -0.39 is 21.2 Å². The maximum atomic E-state index is 12.5. The number of unbranched alkanes of at least 4 members (excludes halogenated alkanes) is 4. The van der Waals surface area contributed by atoms with E-state index in [-0.39, 0.29) is 17.4 Å². The van der Waals surface area contributed by atoms with Gasteiger partial charge in [-0.15, -0.1) is 0 Å². The number of benzene rings is 1. The molecule has 0 bridgehead atoms. The highest BCUT2D eigenvalue weighted by atomic mass is 32.2. The number of hydrogen-bond donors (Lipinski definition) is 1. The van der Waals surface area contributed by atoms with Crippen molar-refractivity contribution in [1.29, 1.82) is 0 Å². The van der Waals surface area contributed by atoms with E-state index in [1.807, 2.05) is 16.7 Å². The maximum Gasteiger partial charge on any atom is 0.341 e. The summed E-state index contributed by atoms with van der Waals surface area (Å²) in [6.07, 6.45) is 9.48. The van der Waals surface area contributed by atoms with Gasteiger partial charge in [-0.3, -0.25) is 4.79 Å². The minimum absolute atomic E-state index is 0.0779. The third-order valence-corrected chi connectivity index (χ3v) is 7.53. The second-order valence-corrected chi connectivity index (χ2v) is 11.4. The number of aryl methyl sites for hydroxylation is 1. The van der Waals surface area contributed by atoms with Crippen LogP contribution in [0.2, 0.25) is 0 Å². The first-order valence-corrected chi connectivity index (χ1v) is 14.2. The number of carbonyl (C=O) groups is 1. The molecule has 1 aromatic carbocycles. The molecule has 0 spiro atoms. The Morgan fingerprint density at radius 1 is 1.11 bits per heavy atom. The zero-order chi connectivity index (χ0) is 25.6. The molecule has 0 aliphatic carbocycles. The lowest BCUT2D eigenvalue weighted by molar-refractivity contribution is 0.0694. The number of fused-ring (bicyclic) bond motifs is 3. The summed E-state index contributed by atoms with van der Waals surface area (Å²) in [5.74, 6) is 0.227. The maximum absolute atomic E-state index is 12.5. The van der Waals surface area contributed by atoms with Crippen LogP contribution in [0.3, 0.4) is 0 Å². The quantitative estimate of drug-likeness (QED) is 0.423. The topological polar surface area (TPSA) is 112 Å². The van der Waals surface area contributed by atoms with Crippen molar-refractivity contribution in [1.82, 2.24) is 4.57 Å². The van der Waals surface area contributed by atoms with Crippen LogP contribution in [0.25, 0.3) is 11.3 Å². The van der Waals surface area contributed by atoms with Crippen molar-refractivity contribution in [3.05, 3.63) is 45.7 Å². The van der Waals surface area contributed by atoms with Gasteiger partial charge in [0.2, 0.25) is 0 Å².